The SMILES string of the molecule is C=NC(C)(CC)C(=O)OCc1ccccc1. The Bertz CT molecular complexity index is 361. The third kappa shape index (κ3) is 2.92. The van der Waals surface area contributed by atoms with Gasteiger partial charge in [-0.15, -0.1) is 0 Å². The lowest BCUT2D eigenvalue weighted by atomic mass is 10.0. The van der Waals surface area contributed by atoms with Crippen LogP contribution in [0.15, 0.2) is 35.3 Å². The lowest BCUT2D eigenvalue weighted by Gasteiger charge is -2.20. The number of nitrogens with zero attached hydrogens (tertiary/aromatic N) is 1. The van der Waals surface area contributed by atoms with Gasteiger partial charge in [0.25, 0.3) is 0 Å². The van der Waals surface area contributed by atoms with Crippen LogP contribution in [0.2, 0.25) is 0 Å². The van der Waals surface area contributed by atoms with Crippen LogP contribution in [0.5, 0.6) is 0 Å². The number of rotatable bonds is 5. The molecule has 16 heavy (non-hydrogen) atoms. The van der Waals surface area contributed by atoms with Crippen molar-refractivity contribution in [2.45, 2.75) is 32.4 Å². The summed E-state index contributed by atoms with van der Waals surface area (Å²) in [4.78, 5) is 15.6. The van der Waals surface area contributed by atoms with Crippen LogP contribution < -0.4 is 0 Å². The van der Waals surface area contributed by atoms with E-state index in [1.807, 2.05) is 37.3 Å². The number of hydrogen-bond acceptors (Lipinski definition) is 3. The Morgan fingerprint density at radius 1 is 1.44 bits per heavy atom. The summed E-state index contributed by atoms with van der Waals surface area (Å²) >= 11 is 0. The third-order valence-electron chi connectivity index (χ3n) is 2.69. The first kappa shape index (κ1) is 12.4. The maximum absolute atomic E-state index is 11.7. The van der Waals surface area contributed by atoms with Crippen LogP contribution >= 0.6 is 0 Å². The van der Waals surface area contributed by atoms with E-state index in [1.165, 1.54) is 0 Å². The molecule has 0 saturated heterocycles. The van der Waals surface area contributed by atoms with Crippen molar-refractivity contribution >= 4 is 12.7 Å². The van der Waals surface area contributed by atoms with E-state index in [0.717, 1.165) is 5.56 Å². The molecule has 0 aromatic heterocycles. The molecule has 0 fully saturated rings. The predicted molar refractivity (Wildman–Crippen MR) is 64.5 cm³/mol. The first-order valence-electron chi connectivity index (χ1n) is 5.31. The number of carbonyl (C=O) groups excluding carboxylic acids is 1. The molecule has 1 aromatic carbocycles. The van der Waals surface area contributed by atoms with Crippen molar-refractivity contribution in [3.05, 3.63) is 35.9 Å². The summed E-state index contributed by atoms with van der Waals surface area (Å²) < 4.78 is 5.20. The molecule has 3 heteroatoms. The van der Waals surface area contributed by atoms with Gasteiger partial charge in [-0.25, -0.2) is 4.79 Å². The van der Waals surface area contributed by atoms with Crippen LogP contribution in [0.3, 0.4) is 0 Å². The number of benzene rings is 1. The molecular weight excluding hydrogens is 202 g/mol. The van der Waals surface area contributed by atoms with Crippen molar-refractivity contribution < 1.29 is 9.53 Å². The molecule has 86 valence electrons. The van der Waals surface area contributed by atoms with Gasteiger partial charge in [0.05, 0.1) is 0 Å². The minimum Gasteiger partial charge on any atom is -0.459 e. The minimum atomic E-state index is -0.825. The lowest BCUT2D eigenvalue weighted by molar-refractivity contribution is -0.150. The molecule has 0 spiro atoms. The summed E-state index contributed by atoms with van der Waals surface area (Å²) in [6.45, 7) is 7.33. The van der Waals surface area contributed by atoms with Crippen molar-refractivity contribution in [2.24, 2.45) is 4.99 Å². The highest BCUT2D eigenvalue weighted by molar-refractivity contribution is 5.81. The van der Waals surface area contributed by atoms with Gasteiger partial charge in [-0.1, -0.05) is 37.3 Å². The molecule has 0 saturated carbocycles. The Morgan fingerprint density at radius 3 is 2.56 bits per heavy atom. The fourth-order valence-electron chi connectivity index (χ4n) is 1.20. The highest BCUT2D eigenvalue weighted by Crippen LogP contribution is 2.17. The smallest absolute Gasteiger partial charge is 0.334 e. The summed E-state index contributed by atoms with van der Waals surface area (Å²) in [6, 6.07) is 9.57. The fourth-order valence-corrected chi connectivity index (χ4v) is 1.20. The maximum Gasteiger partial charge on any atom is 0.334 e. The van der Waals surface area contributed by atoms with Gasteiger partial charge < -0.3 is 4.74 Å². The zero-order valence-electron chi connectivity index (χ0n) is 9.77. The normalized spacial score (nSPS) is 13.9. The Hall–Kier alpha value is -1.64. The van der Waals surface area contributed by atoms with E-state index in [2.05, 4.69) is 11.7 Å². The third-order valence-corrected chi connectivity index (χ3v) is 2.69. The molecular formula is C13H17NO2. The second kappa shape index (κ2) is 5.45. The fraction of sp³-hybridized carbons (Fsp3) is 0.385. The monoisotopic (exact) mass is 219 g/mol. The van der Waals surface area contributed by atoms with Crippen LogP contribution in [0, 0.1) is 0 Å². The number of carbonyl (C=O) groups is 1. The van der Waals surface area contributed by atoms with Crippen LogP contribution in [0.1, 0.15) is 25.8 Å². The van der Waals surface area contributed by atoms with Crippen molar-refractivity contribution in [1.82, 2.24) is 0 Å². The highest BCUT2D eigenvalue weighted by Gasteiger charge is 2.31. The molecule has 0 aliphatic heterocycles. The average molecular weight is 219 g/mol. The largest absolute Gasteiger partial charge is 0.459 e. The molecule has 1 rings (SSSR count). The molecule has 0 N–H and O–H groups in total. The van der Waals surface area contributed by atoms with E-state index in [1.54, 1.807) is 6.92 Å². The standard InChI is InChI=1S/C13H17NO2/c1-4-13(2,14-3)12(15)16-10-11-8-6-5-7-9-11/h5-9H,3-4,10H2,1-2H3. The Kier molecular flexibility index (Phi) is 4.23. The van der Waals surface area contributed by atoms with Gasteiger partial charge in [-0.3, -0.25) is 4.99 Å². The quantitative estimate of drug-likeness (QED) is 0.564. The molecule has 0 aliphatic carbocycles. The van der Waals surface area contributed by atoms with E-state index in [0.29, 0.717) is 6.42 Å². The van der Waals surface area contributed by atoms with Gasteiger partial charge in [0.2, 0.25) is 0 Å². The Balaban J connectivity index is 2.56. The first-order valence-corrected chi connectivity index (χ1v) is 5.31. The van der Waals surface area contributed by atoms with E-state index >= 15 is 0 Å². The number of hydrogen-bond donors (Lipinski definition) is 0. The molecule has 1 atom stereocenters. The van der Waals surface area contributed by atoms with E-state index in [-0.39, 0.29) is 12.6 Å². The second-order valence-electron chi connectivity index (χ2n) is 3.85. The molecule has 0 bridgehead atoms. The molecule has 0 heterocycles. The zero-order valence-corrected chi connectivity index (χ0v) is 9.77. The molecule has 0 radical (unpaired) electrons. The number of aliphatic imine (C=N–C) groups is 1. The van der Waals surface area contributed by atoms with Crippen molar-refractivity contribution in [2.75, 3.05) is 0 Å². The van der Waals surface area contributed by atoms with Crippen LogP contribution in [0.25, 0.3) is 0 Å². The van der Waals surface area contributed by atoms with Crippen molar-refractivity contribution in [3.8, 4) is 0 Å². The summed E-state index contributed by atoms with van der Waals surface area (Å²) in [7, 11) is 0. The van der Waals surface area contributed by atoms with Gasteiger partial charge in [0.15, 0.2) is 5.54 Å². The predicted octanol–water partition coefficient (Wildman–Crippen LogP) is 2.60. The van der Waals surface area contributed by atoms with Crippen LogP contribution in [0.4, 0.5) is 0 Å². The van der Waals surface area contributed by atoms with Gasteiger partial charge in [-0.05, 0) is 25.6 Å². The molecule has 1 aromatic rings. The lowest BCUT2D eigenvalue weighted by Crippen LogP contribution is -2.33. The highest BCUT2D eigenvalue weighted by atomic mass is 16.5. The van der Waals surface area contributed by atoms with E-state index in [9.17, 15) is 4.79 Å². The van der Waals surface area contributed by atoms with Crippen LogP contribution in [-0.4, -0.2) is 18.2 Å². The van der Waals surface area contributed by atoms with Gasteiger partial charge in [-0.2, -0.15) is 0 Å². The molecule has 0 amide bonds. The van der Waals surface area contributed by atoms with Gasteiger partial charge in [0, 0.05) is 0 Å². The Labute approximate surface area is 96.2 Å². The minimum absolute atomic E-state index is 0.283. The molecule has 1 unspecified atom stereocenters. The number of esters is 1. The number of ether oxygens (including phenoxy) is 1. The molecule has 0 aliphatic rings. The first-order chi connectivity index (χ1) is 7.62. The maximum atomic E-state index is 11.7. The average Bonchev–Trinajstić information content (AvgIpc) is 2.36. The Morgan fingerprint density at radius 2 is 2.06 bits per heavy atom. The summed E-state index contributed by atoms with van der Waals surface area (Å²) in [6.07, 6.45) is 0.587. The van der Waals surface area contributed by atoms with Crippen molar-refractivity contribution in [3.63, 3.8) is 0 Å². The van der Waals surface area contributed by atoms with E-state index < -0.39 is 5.54 Å². The van der Waals surface area contributed by atoms with Crippen molar-refractivity contribution in [1.29, 1.82) is 0 Å². The molecule has 3 nitrogen and oxygen atoms in total. The van der Waals surface area contributed by atoms with E-state index in [4.69, 9.17) is 4.74 Å². The summed E-state index contributed by atoms with van der Waals surface area (Å²) in [5, 5.41) is 0. The second-order valence-corrected chi connectivity index (χ2v) is 3.85. The summed E-state index contributed by atoms with van der Waals surface area (Å²) in [5.41, 5.74) is 0.146. The van der Waals surface area contributed by atoms with Gasteiger partial charge >= 0.3 is 5.97 Å². The zero-order chi connectivity index (χ0) is 12.0. The topological polar surface area (TPSA) is 38.7 Å². The van der Waals surface area contributed by atoms with Crippen LogP contribution in [-0.2, 0) is 16.1 Å². The summed E-state index contributed by atoms with van der Waals surface area (Å²) in [5.74, 6) is -0.325. The van der Waals surface area contributed by atoms with Gasteiger partial charge in [0.1, 0.15) is 6.61 Å².